The molecular formula is C15H21FN2O3. The van der Waals surface area contributed by atoms with Crippen molar-refractivity contribution in [2.24, 2.45) is 0 Å². The molecule has 2 rings (SSSR count). The van der Waals surface area contributed by atoms with Gasteiger partial charge in [0.05, 0.1) is 19.6 Å². The molecule has 1 N–H and O–H groups in total. The van der Waals surface area contributed by atoms with Gasteiger partial charge in [-0.3, -0.25) is 9.69 Å². The molecule has 1 aromatic rings. The Morgan fingerprint density at radius 1 is 1.19 bits per heavy atom. The Morgan fingerprint density at radius 3 is 2.48 bits per heavy atom. The summed E-state index contributed by atoms with van der Waals surface area (Å²) in [5.74, 6) is 0.330. The van der Waals surface area contributed by atoms with Gasteiger partial charge in [-0.25, -0.2) is 4.39 Å². The maximum Gasteiger partial charge on any atom is 0.226 e. The van der Waals surface area contributed by atoms with Crippen molar-refractivity contribution in [3.63, 3.8) is 0 Å². The molecule has 1 fully saturated rings. The number of rotatable bonds is 6. The smallest absolute Gasteiger partial charge is 0.226 e. The van der Waals surface area contributed by atoms with Gasteiger partial charge < -0.3 is 14.7 Å². The molecule has 0 bridgehead atoms. The molecule has 0 aromatic heterocycles. The first-order valence-electron chi connectivity index (χ1n) is 7.18. The number of piperazine rings is 1. The Bertz CT molecular complexity index is 445. The average Bonchev–Trinajstić information content (AvgIpc) is 2.50. The quantitative estimate of drug-likeness (QED) is 0.841. The first-order valence-corrected chi connectivity index (χ1v) is 7.18. The maximum absolute atomic E-state index is 12.7. The highest BCUT2D eigenvalue weighted by Crippen LogP contribution is 2.11. The van der Waals surface area contributed by atoms with Crippen LogP contribution in [0.4, 0.5) is 4.39 Å². The molecule has 0 unspecified atom stereocenters. The normalized spacial score (nSPS) is 16.0. The molecule has 21 heavy (non-hydrogen) atoms. The average molecular weight is 296 g/mol. The van der Waals surface area contributed by atoms with E-state index < -0.39 is 0 Å². The first kappa shape index (κ1) is 15.7. The Kier molecular flexibility index (Phi) is 5.95. The molecule has 0 spiro atoms. The fraction of sp³-hybridized carbons (Fsp3) is 0.533. The highest BCUT2D eigenvalue weighted by atomic mass is 19.1. The molecule has 6 heteroatoms. The van der Waals surface area contributed by atoms with E-state index >= 15 is 0 Å². The monoisotopic (exact) mass is 296 g/mol. The van der Waals surface area contributed by atoms with Crippen LogP contribution in [-0.4, -0.2) is 66.8 Å². The van der Waals surface area contributed by atoms with Crippen molar-refractivity contribution < 1.29 is 19.0 Å². The van der Waals surface area contributed by atoms with Crippen LogP contribution in [0.15, 0.2) is 24.3 Å². The van der Waals surface area contributed by atoms with Gasteiger partial charge >= 0.3 is 0 Å². The number of carbonyl (C=O) groups excluding carboxylic acids is 1. The molecule has 1 aromatic carbocycles. The summed E-state index contributed by atoms with van der Waals surface area (Å²) in [6, 6.07) is 5.76. The summed E-state index contributed by atoms with van der Waals surface area (Å²) < 4.78 is 18.2. The van der Waals surface area contributed by atoms with Gasteiger partial charge in [-0.05, 0) is 24.3 Å². The van der Waals surface area contributed by atoms with Gasteiger partial charge in [0.2, 0.25) is 5.91 Å². The summed E-state index contributed by atoms with van der Waals surface area (Å²) in [6.07, 6.45) is 0.317. The van der Waals surface area contributed by atoms with Crippen LogP contribution >= 0.6 is 0 Å². The maximum atomic E-state index is 12.7. The van der Waals surface area contributed by atoms with E-state index in [9.17, 15) is 9.18 Å². The van der Waals surface area contributed by atoms with Crippen LogP contribution in [-0.2, 0) is 4.79 Å². The Balaban J connectivity index is 1.67. The molecule has 0 saturated carbocycles. The zero-order valence-corrected chi connectivity index (χ0v) is 12.0. The number of hydrogen-bond acceptors (Lipinski definition) is 4. The lowest BCUT2D eigenvalue weighted by Gasteiger charge is -2.34. The summed E-state index contributed by atoms with van der Waals surface area (Å²) in [6.45, 7) is 4.08. The van der Waals surface area contributed by atoms with Crippen LogP contribution in [0.1, 0.15) is 6.42 Å². The second-order valence-electron chi connectivity index (χ2n) is 5.00. The summed E-state index contributed by atoms with van der Waals surface area (Å²) in [5.41, 5.74) is 0. The Hall–Kier alpha value is -1.66. The number of benzene rings is 1. The van der Waals surface area contributed by atoms with E-state index in [4.69, 9.17) is 9.84 Å². The SMILES string of the molecule is O=C(CCOc1ccc(F)cc1)N1CCN(CCO)CC1. The Labute approximate surface area is 123 Å². The minimum Gasteiger partial charge on any atom is -0.493 e. The van der Waals surface area contributed by atoms with E-state index in [1.807, 2.05) is 4.90 Å². The van der Waals surface area contributed by atoms with Crippen molar-refractivity contribution in [1.82, 2.24) is 9.80 Å². The molecule has 0 radical (unpaired) electrons. The zero-order valence-electron chi connectivity index (χ0n) is 12.0. The van der Waals surface area contributed by atoms with E-state index in [0.29, 0.717) is 38.4 Å². The Morgan fingerprint density at radius 2 is 1.86 bits per heavy atom. The number of hydrogen-bond donors (Lipinski definition) is 1. The van der Waals surface area contributed by atoms with Gasteiger partial charge in [-0.15, -0.1) is 0 Å². The lowest BCUT2D eigenvalue weighted by Crippen LogP contribution is -2.49. The second kappa shape index (κ2) is 7.95. The third-order valence-electron chi connectivity index (χ3n) is 3.54. The number of carbonyl (C=O) groups is 1. The standard InChI is InChI=1S/C15H21FN2O3/c16-13-1-3-14(4-2-13)21-12-5-15(20)18-8-6-17(7-9-18)10-11-19/h1-4,19H,5-12H2. The molecule has 0 aliphatic carbocycles. The van der Waals surface area contributed by atoms with E-state index in [-0.39, 0.29) is 18.3 Å². The summed E-state index contributed by atoms with van der Waals surface area (Å²) in [5, 5.41) is 8.87. The number of aliphatic hydroxyl groups is 1. The van der Waals surface area contributed by atoms with Gasteiger partial charge in [0.1, 0.15) is 11.6 Å². The largest absolute Gasteiger partial charge is 0.493 e. The van der Waals surface area contributed by atoms with E-state index in [0.717, 1.165) is 13.1 Å². The lowest BCUT2D eigenvalue weighted by molar-refractivity contribution is -0.133. The number of β-amino-alcohol motifs (C(OH)–C–C–N with tert-alkyl or cyclic N) is 1. The molecule has 116 valence electrons. The molecule has 1 aliphatic heterocycles. The molecule has 1 heterocycles. The molecule has 0 atom stereocenters. The number of halogens is 1. The fourth-order valence-corrected chi connectivity index (χ4v) is 2.31. The number of nitrogens with zero attached hydrogens (tertiary/aromatic N) is 2. The van der Waals surface area contributed by atoms with Crippen LogP contribution < -0.4 is 4.74 Å². The van der Waals surface area contributed by atoms with Gasteiger partial charge in [0, 0.05) is 32.7 Å². The van der Waals surface area contributed by atoms with Crippen molar-refractivity contribution in [3.05, 3.63) is 30.1 Å². The van der Waals surface area contributed by atoms with Crippen molar-refractivity contribution in [1.29, 1.82) is 0 Å². The van der Waals surface area contributed by atoms with E-state index in [2.05, 4.69) is 4.90 Å². The summed E-state index contributed by atoms with van der Waals surface area (Å²) in [4.78, 5) is 16.0. The predicted molar refractivity (Wildman–Crippen MR) is 76.6 cm³/mol. The van der Waals surface area contributed by atoms with Crippen molar-refractivity contribution in [3.8, 4) is 5.75 Å². The molecular weight excluding hydrogens is 275 g/mol. The van der Waals surface area contributed by atoms with E-state index in [1.54, 1.807) is 12.1 Å². The van der Waals surface area contributed by atoms with Gasteiger partial charge in [0.15, 0.2) is 0 Å². The highest BCUT2D eigenvalue weighted by molar-refractivity contribution is 5.76. The van der Waals surface area contributed by atoms with E-state index in [1.165, 1.54) is 12.1 Å². The molecule has 1 aliphatic rings. The minimum atomic E-state index is -0.306. The van der Waals surface area contributed by atoms with Gasteiger partial charge in [-0.2, -0.15) is 0 Å². The van der Waals surface area contributed by atoms with Crippen molar-refractivity contribution in [2.75, 3.05) is 45.9 Å². The minimum absolute atomic E-state index is 0.0701. The van der Waals surface area contributed by atoms with Crippen LogP contribution in [0.25, 0.3) is 0 Å². The highest BCUT2D eigenvalue weighted by Gasteiger charge is 2.20. The number of ether oxygens (including phenoxy) is 1. The third-order valence-corrected chi connectivity index (χ3v) is 3.54. The topological polar surface area (TPSA) is 53.0 Å². The number of amides is 1. The van der Waals surface area contributed by atoms with Crippen molar-refractivity contribution >= 4 is 5.91 Å². The number of aliphatic hydroxyl groups excluding tert-OH is 1. The lowest BCUT2D eigenvalue weighted by atomic mass is 10.3. The van der Waals surface area contributed by atoms with Gasteiger partial charge in [-0.1, -0.05) is 0 Å². The van der Waals surface area contributed by atoms with Crippen LogP contribution in [0, 0.1) is 5.82 Å². The third kappa shape index (κ3) is 4.99. The molecule has 1 saturated heterocycles. The fourth-order valence-electron chi connectivity index (χ4n) is 2.31. The first-order chi connectivity index (χ1) is 10.2. The predicted octanol–water partition coefficient (Wildman–Crippen LogP) is 0.731. The van der Waals surface area contributed by atoms with Crippen LogP contribution in [0.2, 0.25) is 0 Å². The molecule has 5 nitrogen and oxygen atoms in total. The summed E-state index contributed by atoms with van der Waals surface area (Å²) >= 11 is 0. The second-order valence-corrected chi connectivity index (χ2v) is 5.00. The van der Waals surface area contributed by atoms with Crippen LogP contribution in [0.5, 0.6) is 5.75 Å². The van der Waals surface area contributed by atoms with Crippen LogP contribution in [0.3, 0.4) is 0 Å². The molecule has 1 amide bonds. The van der Waals surface area contributed by atoms with Gasteiger partial charge in [0.25, 0.3) is 0 Å². The van der Waals surface area contributed by atoms with Crippen molar-refractivity contribution in [2.45, 2.75) is 6.42 Å². The summed E-state index contributed by atoms with van der Waals surface area (Å²) in [7, 11) is 0. The zero-order chi connectivity index (χ0) is 15.1.